The fraction of sp³-hybridized carbons (Fsp3) is 0.526. The molecule has 0 spiro atoms. The van der Waals surface area contributed by atoms with Gasteiger partial charge in [0.05, 0.1) is 5.52 Å². The second kappa shape index (κ2) is 5.76. The lowest BCUT2D eigenvalue weighted by Gasteiger charge is -2.21. The molecule has 2 rings (SSSR count). The van der Waals surface area contributed by atoms with Crippen LogP contribution in [-0.4, -0.2) is 11.0 Å². The lowest BCUT2D eigenvalue weighted by molar-refractivity contribution is 0.564. The summed E-state index contributed by atoms with van der Waals surface area (Å²) in [7, 11) is 0. The summed E-state index contributed by atoms with van der Waals surface area (Å²) in [6.45, 7) is 16.3. The van der Waals surface area contributed by atoms with Gasteiger partial charge in [-0.25, -0.2) is 0 Å². The lowest BCUT2D eigenvalue weighted by atomic mass is 9.89. The molecule has 114 valence electrons. The third-order valence-corrected chi connectivity index (χ3v) is 3.98. The Morgan fingerprint density at radius 3 is 2.24 bits per heavy atom. The molecule has 1 aromatic heterocycles. The Labute approximate surface area is 129 Å². The van der Waals surface area contributed by atoms with Crippen molar-refractivity contribution >= 4 is 10.9 Å². The van der Waals surface area contributed by atoms with Crippen molar-refractivity contribution < 1.29 is 0 Å². The first-order chi connectivity index (χ1) is 9.68. The van der Waals surface area contributed by atoms with Crippen LogP contribution in [0, 0.1) is 13.8 Å². The summed E-state index contributed by atoms with van der Waals surface area (Å²) in [6.07, 6.45) is 0. The summed E-state index contributed by atoms with van der Waals surface area (Å²) in [6, 6.07) is 7.25. The van der Waals surface area contributed by atoms with Crippen LogP contribution in [0.15, 0.2) is 18.2 Å². The molecule has 2 nitrogen and oxygen atoms in total. The van der Waals surface area contributed by atoms with Crippen LogP contribution in [0.4, 0.5) is 0 Å². The van der Waals surface area contributed by atoms with Crippen LogP contribution in [-0.2, 0) is 12.0 Å². The molecule has 0 fully saturated rings. The largest absolute Gasteiger partial charge is 0.310 e. The van der Waals surface area contributed by atoms with Gasteiger partial charge in [-0.1, -0.05) is 34.6 Å². The number of aryl methyl sites for hydroxylation is 2. The molecule has 0 unspecified atom stereocenters. The fourth-order valence-corrected chi connectivity index (χ4v) is 2.40. The minimum atomic E-state index is 0.0690. The molecule has 0 saturated heterocycles. The number of hydrogen-bond acceptors (Lipinski definition) is 2. The molecular weight excluding hydrogens is 256 g/mol. The molecule has 1 heterocycles. The van der Waals surface area contributed by atoms with Gasteiger partial charge < -0.3 is 5.32 Å². The zero-order valence-electron chi connectivity index (χ0n) is 14.5. The van der Waals surface area contributed by atoms with Crippen LogP contribution in [0.2, 0.25) is 0 Å². The number of hydrogen-bond donors (Lipinski definition) is 1. The highest BCUT2D eigenvalue weighted by Gasteiger charge is 2.18. The molecule has 0 atom stereocenters. The SMILES string of the molecule is Cc1cc2nc(C(C)(C)C)cc(CNC(C)C)c2cc1C. The third-order valence-electron chi connectivity index (χ3n) is 3.98. The summed E-state index contributed by atoms with van der Waals surface area (Å²) in [5.41, 5.74) is 6.34. The molecule has 1 aromatic carbocycles. The fourth-order valence-electron chi connectivity index (χ4n) is 2.40. The van der Waals surface area contributed by atoms with Crippen LogP contribution in [0.1, 0.15) is 57.0 Å². The Balaban J connectivity index is 2.63. The first-order valence-electron chi connectivity index (χ1n) is 7.83. The van der Waals surface area contributed by atoms with E-state index in [1.165, 1.54) is 27.8 Å². The molecule has 0 amide bonds. The van der Waals surface area contributed by atoms with Gasteiger partial charge in [-0.3, -0.25) is 4.98 Å². The number of nitrogens with zero attached hydrogens (tertiary/aromatic N) is 1. The predicted octanol–water partition coefficient (Wildman–Crippen LogP) is 4.65. The van der Waals surface area contributed by atoms with Crippen molar-refractivity contribution in [2.75, 3.05) is 0 Å². The Morgan fingerprint density at radius 1 is 1.05 bits per heavy atom. The Kier molecular flexibility index (Phi) is 4.38. The van der Waals surface area contributed by atoms with Crippen molar-refractivity contribution in [2.45, 2.75) is 66.5 Å². The topological polar surface area (TPSA) is 24.9 Å². The maximum Gasteiger partial charge on any atom is 0.0711 e. The number of benzene rings is 1. The summed E-state index contributed by atoms with van der Waals surface area (Å²) in [4.78, 5) is 4.91. The molecule has 2 heteroatoms. The summed E-state index contributed by atoms with van der Waals surface area (Å²) < 4.78 is 0. The van der Waals surface area contributed by atoms with E-state index in [0.29, 0.717) is 6.04 Å². The van der Waals surface area contributed by atoms with E-state index in [1.807, 2.05) is 0 Å². The monoisotopic (exact) mass is 284 g/mol. The normalized spacial score (nSPS) is 12.4. The third kappa shape index (κ3) is 3.62. The van der Waals surface area contributed by atoms with E-state index in [2.05, 4.69) is 72.0 Å². The summed E-state index contributed by atoms with van der Waals surface area (Å²) in [5.74, 6) is 0. The number of pyridine rings is 1. The second-order valence-electron chi connectivity index (χ2n) is 7.41. The van der Waals surface area contributed by atoms with E-state index in [0.717, 1.165) is 12.1 Å². The number of aromatic nitrogens is 1. The maximum absolute atomic E-state index is 4.91. The highest BCUT2D eigenvalue weighted by Crippen LogP contribution is 2.28. The van der Waals surface area contributed by atoms with Crippen molar-refractivity contribution in [1.29, 1.82) is 0 Å². The molecule has 1 N–H and O–H groups in total. The molecule has 0 saturated carbocycles. The quantitative estimate of drug-likeness (QED) is 0.887. The van der Waals surface area contributed by atoms with Crippen LogP contribution in [0.5, 0.6) is 0 Å². The summed E-state index contributed by atoms with van der Waals surface area (Å²) in [5, 5.41) is 4.82. The number of fused-ring (bicyclic) bond motifs is 1. The van der Waals surface area contributed by atoms with Crippen LogP contribution in [0.25, 0.3) is 10.9 Å². The minimum Gasteiger partial charge on any atom is -0.310 e. The average Bonchev–Trinajstić information content (AvgIpc) is 2.36. The maximum atomic E-state index is 4.91. The Hall–Kier alpha value is -1.41. The van der Waals surface area contributed by atoms with Crippen molar-refractivity contribution in [3.63, 3.8) is 0 Å². The smallest absolute Gasteiger partial charge is 0.0711 e. The van der Waals surface area contributed by atoms with Gasteiger partial charge in [0.25, 0.3) is 0 Å². The molecule has 21 heavy (non-hydrogen) atoms. The molecule has 0 aliphatic carbocycles. The van der Waals surface area contributed by atoms with Gasteiger partial charge in [0.1, 0.15) is 0 Å². The molecule has 0 bridgehead atoms. The highest BCUT2D eigenvalue weighted by atomic mass is 14.9. The van der Waals surface area contributed by atoms with Gasteiger partial charge >= 0.3 is 0 Å². The predicted molar refractivity (Wildman–Crippen MR) is 91.9 cm³/mol. The molecule has 0 aliphatic heterocycles. The van der Waals surface area contributed by atoms with E-state index in [1.54, 1.807) is 0 Å². The van der Waals surface area contributed by atoms with E-state index >= 15 is 0 Å². The zero-order chi connectivity index (χ0) is 15.8. The zero-order valence-corrected chi connectivity index (χ0v) is 14.5. The Morgan fingerprint density at radius 2 is 1.67 bits per heavy atom. The molecular formula is C19H28N2. The van der Waals surface area contributed by atoms with Crippen LogP contribution < -0.4 is 5.32 Å². The van der Waals surface area contributed by atoms with E-state index < -0.39 is 0 Å². The standard InChI is InChI=1S/C19H28N2/c1-12(2)20-11-15-10-18(19(5,6)7)21-17-9-14(4)13(3)8-16(15)17/h8-10,12,20H,11H2,1-7H3. The molecule has 2 aromatic rings. The van der Waals surface area contributed by atoms with Crippen molar-refractivity contribution in [1.82, 2.24) is 10.3 Å². The van der Waals surface area contributed by atoms with E-state index in [-0.39, 0.29) is 5.41 Å². The molecule has 0 aliphatic rings. The van der Waals surface area contributed by atoms with Gasteiger partial charge in [-0.05, 0) is 48.7 Å². The minimum absolute atomic E-state index is 0.0690. The van der Waals surface area contributed by atoms with E-state index in [4.69, 9.17) is 4.98 Å². The summed E-state index contributed by atoms with van der Waals surface area (Å²) >= 11 is 0. The first kappa shape index (κ1) is 16.0. The van der Waals surface area contributed by atoms with Gasteiger partial charge in [0.15, 0.2) is 0 Å². The van der Waals surface area contributed by atoms with Crippen molar-refractivity contribution in [3.05, 3.63) is 40.6 Å². The number of rotatable bonds is 3. The molecule has 0 radical (unpaired) electrons. The van der Waals surface area contributed by atoms with Crippen LogP contribution >= 0.6 is 0 Å². The van der Waals surface area contributed by atoms with Gasteiger partial charge in [0, 0.05) is 29.1 Å². The van der Waals surface area contributed by atoms with Crippen molar-refractivity contribution in [3.8, 4) is 0 Å². The lowest BCUT2D eigenvalue weighted by Crippen LogP contribution is -2.23. The average molecular weight is 284 g/mol. The Bertz CT molecular complexity index is 649. The van der Waals surface area contributed by atoms with Crippen LogP contribution in [0.3, 0.4) is 0 Å². The van der Waals surface area contributed by atoms with Gasteiger partial charge in [-0.2, -0.15) is 0 Å². The second-order valence-corrected chi connectivity index (χ2v) is 7.41. The first-order valence-corrected chi connectivity index (χ1v) is 7.83. The van der Waals surface area contributed by atoms with Gasteiger partial charge in [-0.15, -0.1) is 0 Å². The highest BCUT2D eigenvalue weighted by molar-refractivity contribution is 5.84. The number of nitrogens with one attached hydrogen (secondary N) is 1. The van der Waals surface area contributed by atoms with E-state index in [9.17, 15) is 0 Å². The van der Waals surface area contributed by atoms with Gasteiger partial charge in [0.2, 0.25) is 0 Å². The van der Waals surface area contributed by atoms with Crippen molar-refractivity contribution in [2.24, 2.45) is 0 Å².